The predicted octanol–water partition coefficient (Wildman–Crippen LogP) is 2.05. The molecule has 0 N–H and O–H groups in total. The average Bonchev–Trinajstić information content (AvgIpc) is 2.90. The van der Waals surface area contributed by atoms with Crippen LogP contribution in [0, 0.1) is 12.3 Å². The van der Waals surface area contributed by atoms with Gasteiger partial charge in [-0.25, -0.2) is 0 Å². The minimum absolute atomic E-state index is 0.0957. The molecule has 0 bridgehead atoms. The summed E-state index contributed by atoms with van der Waals surface area (Å²) in [5, 5.41) is 0. The summed E-state index contributed by atoms with van der Waals surface area (Å²) in [5.41, 5.74) is 1.95. The summed E-state index contributed by atoms with van der Waals surface area (Å²) >= 11 is 0. The molecule has 2 aliphatic rings. The minimum atomic E-state index is 0.0957. The van der Waals surface area contributed by atoms with E-state index in [1.54, 1.807) is 19.5 Å². The Hall–Kier alpha value is -1.46. The molecule has 1 unspecified atom stereocenters. The van der Waals surface area contributed by atoms with E-state index in [2.05, 4.69) is 4.98 Å². The van der Waals surface area contributed by atoms with Crippen LogP contribution in [0.3, 0.4) is 0 Å². The summed E-state index contributed by atoms with van der Waals surface area (Å²) in [4.78, 5) is 18.6. The maximum atomic E-state index is 12.6. The van der Waals surface area contributed by atoms with Gasteiger partial charge in [-0.15, -0.1) is 0 Å². The van der Waals surface area contributed by atoms with Gasteiger partial charge >= 0.3 is 0 Å². The van der Waals surface area contributed by atoms with Crippen molar-refractivity contribution >= 4 is 5.91 Å². The van der Waals surface area contributed by atoms with Crippen LogP contribution in [0.2, 0.25) is 0 Å². The number of aromatic nitrogens is 1. The maximum Gasteiger partial charge on any atom is 0.255 e. The van der Waals surface area contributed by atoms with Crippen molar-refractivity contribution in [3.8, 4) is 0 Å². The summed E-state index contributed by atoms with van der Waals surface area (Å²) in [6.45, 7) is 5.03. The average molecular weight is 304 g/mol. The zero-order valence-electron chi connectivity index (χ0n) is 13.4. The van der Waals surface area contributed by atoms with Crippen molar-refractivity contribution in [2.45, 2.75) is 32.3 Å². The van der Waals surface area contributed by atoms with Gasteiger partial charge in [0.15, 0.2) is 0 Å². The molecular weight excluding hydrogens is 280 g/mol. The predicted molar refractivity (Wildman–Crippen MR) is 82.8 cm³/mol. The van der Waals surface area contributed by atoms with Gasteiger partial charge in [0, 0.05) is 32.6 Å². The Bertz CT molecular complexity index is 538. The van der Waals surface area contributed by atoms with E-state index >= 15 is 0 Å². The summed E-state index contributed by atoms with van der Waals surface area (Å²) in [5.74, 6) is 0.0957. The SMILES string of the molecule is COCC1CC2(CCN(C(=O)c3cncc(C)c3)CC2)CO1. The fourth-order valence-corrected chi connectivity index (χ4v) is 3.58. The number of aryl methyl sites for hydroxylation is 1. The van der Waals surface area contributed by atoms with E-state index in [9.17, 15) is 4.79 Å². The van der Waals surface area contributed by atoms with E-state index in [0.717, 1.165) is 44.5 Å². The second-order valence-electron chi connectivity index (χ2n) is 6.64. The summed E-state index contributed by atoms with van der Waals surface area (Å²) in [6.07, 6.45) is 6.72. The fourth-order valence-electron chi connectivity index (χ4n) is 3.58. The minimum Gasteiger partial charge on any atom is -0.382 e. The Labute approximate surface area is 131 Å². The van der Waals surface area contributed by atoms with E-state index in [-0.39, 0.29) is 17.4 Å². The number of pyridine rings is 1. The highest BCUT2D eigenvalue weighted by Gasteiger charge is 2.43. The van der Waals surface area contributed by atoms with Gasteiger partial charge in [-0.05, 0) is 43.2 Å². The summed E-state index contributed by atoms with van der Waals surface area (Å²) < 4.78 is 11.0. The normalized spacial score (nSPS) is 23.9. The van der Waals surface area contributed by atoms with Crippen LogP contribution in [0.1, 0.15) is 35.2 Å². The van der Waals surface area contributed by atoms with Gasteiger partial charge in [0.25, 0.3) is 5.91 Å². The smallest absolute Gasteiger partial charge is 0.255 e. The highest BCUT2D eigenvalue weighted by Crippen LogP contribution is 2.42. The lowest BCUT2D eigenvalue weighted by Crippen LogP contribution is -2.43. The lowest BCUT2D eigenvalue weighted by atomic mass is 9.76. The van der Waals surface area contributed by atoms with Crippen LogP contribution in [0.5, 0.6) is 0 Å². The molecule has 1 amide bonds. The molecule has 3 heterocycles. The standard InChI is InChI=1S/C17H24N2O3/c1-13-7-14(10-18-9-13)16(20)19-5-3-17(4-6-19)8-15(11-21-2)22-12-17/h7,9-10,15H,3-6,8,11-12H2,1-2H3. The van der Waals surface area contributed by atoms with Crippen LogP contribution in [0.4, 0.5) is 0 Å². The topological polar surface area (TPSA) is 51.7 Å². The second kappa shape index (κ2) is 6.34. The molecule has 5 heteroatoms. The molecule has 2 aliphatic heterocycles. The van der Waals surface area contributed by atoms with Gasteiger partial charge in [-0.3, -0.25) is 9.78 Å². The number of likely N-dealkylation sites (tertiary alicyclic amines) is 1. The molecule has 0 aliphatic carbocycles. The molecule has 1 spiro atoms. The van der Waals surface area contributed by atoms with Crippen LogP contribution in [0.25, 0.3) is 0 Å². The molecule has 2 fully saturated rings. The molecule has 22 heavy (non-hydrogen) atoms. The molecule has 3 rings (SSSR count). The monoisotopic (exact) mass is 304 g/mol. The highest BCUT2D eigenvalue weighted by atomic mass is 16.5. The third kappa shape index (κ3) is 3.15. The number of rotatable bonds is 3. The number of carbonyl (C=O) groups is 1. The fraction of sp³-hybridized carbons (Fsp3) is 0.647. The Balaban J connectivity index is 1.59. The lowest BCUT2D eigenvalue weighted by molar-refractivity contribution is 0.0281. The molecule has 2 saturated heterocycles. The van der Waals surface area contributed by atoms with Crippen molar-refractivity contribution in [1.82, 2.24) is 9.88 Å². The van der Waals surface area contributed by atoms with Gasteiger partial charge in [0.2, 0.25) is 0 Å². The Morgan fingerprint density at radius 3 is 2.91 bits per heavy atom. The maximum absolute atomic E-state index is 12.6. The van der Waals surface area contributed by atoms with E-state index in [1.807, 2.05) is 17.9 Å². The molecule has 1 atom stereocenters. The number of methoxy groups -OCH3 is 1. The van der Waals surface area contributed by atoms with Crippen LogP contribution in [-0.2, 0) is 9.47 Å². The first kappa shape index (κ1) is 15.4. The van der Waals surface area contributed by atoms with Crippen molar-refractivity contribution < 1.29 is 14.3 Å². The van der Waals surface area contributed by atoms with E-state index < -0.39 is 0 Å². The summed E-state index contributed by atoms with van der Waals surface area (Å²) in [6, 6.07) is 1.91. The quantitative estimate of drug-likeness (QED) is 0.857. The second-order valence-corrected chi connectivity index (χ2v) is 6.64. The Morgan fingerprint density at radius 2 is 2.23 bits per heavy atom. The molecule has 0 saturated carbocycles. The largest absolute Gasteiger partial charge is 0.382 e. The first-order valence-corrected chi connectivity index (χ1v) is 7.93. The van der Waals surface area contributed by atoms with Gasteiger partial charge in [-0.2, -0.15) is 0 Å². The van der Waals surface area contributed by atoms with Gasteiger partial charge in [0.05, 0.1) is 24.9 Å². The molecule has 1 aromatic heterocycles. The van der Waals surface area contributed by atoms with Gasteiger partial charge in [0.1, 0.15) is 0 Å². The van der Waals surface area contributed by atoms with E-state index in [4.69, 9.17) is 9.47 Å². The number of piperidine rings is 1. The first-order chi connectivity index (χ1) is 10.6. The van der Waals surface area contributed by atoms with Gasteiger partial charge < -0.3 is 14.4 Å². The van der Waals surface area contributed by atoms with E-state index in [0.29, 0.717) is 12.2 Å². The van der Waals surface area contributed by atoms with Crippen molar-refractivity contribution in [1.29, 1.82) is 0 Å². The van der Waals surface area contributed by atoms with Crippen LogP contribution in [-0.4, -0.2) is 55.3 Å². The number of carbonyl (C=O) groups excluding carboxylic acids is 1. The summed E-state index contributed by atoms with van der Waals surface area (Å²) in [7, 11) is 1.71. The highest BCUT2D eigenvalue weighted by molar-refractivity contribution is 5.94. The number of hydrogen-bond donors (Lipinski definition) is 0. The third-order valence-corrected chi connectivity index (χ3v) is 4.87. The molecular formula is C17H24N2O3. The zero-order chi connectivity index (χ0) is 15.6. The van der Waals surface area contributed by atoms with Crippen LogP contribution < -0.4 is 0 Å². The Kier molecular flexibility index (Phi) is 4.45. The molecule has 0 aromatic carbocycles. The van der Waals surface area contributed by atoms with Crippen molar-refractivity contribution in [2.75, 3.05) is 33.4 Å². The van der Waals surface area contributed by atoms with Crippen LogP contribution >= 0.6 is 0 Å². The lowest BCUT2D eigenvalue weighted by Gasteiger charge is -2.38. The number of ether oxygens (including phenoxy) is 2. The zero-order valence-corrected chi connectivity index (χ0v) is 13.4. The van der Waals surface area contributed by atoms with Crippen molar-refractivity contribution in [3.63, 3.8) is 0 Å². The molecule has 120 valence electrons. The number of amides is 1. The van der Waals surface area contributed by atoms with Crippen LogP contribution in [0.15, 0.2) is 18.5 Å². The first-order valence-electron chi connectivity index (χ1n) is 7.93. The molecule has 1 aromatic rings. The third-order valence-electron chi connectivity index (χ3n) is 4.87. The molecule has 5 nitrogen and oxygen atoms in total. The Morgan fingerprint density at radius 1 is 1.45 bits per heavy atom. The van der Waals surface area contributed by atoms with Crippen molar-refractivity contribution in [2.24, 2.45) is 5.41 Å². The number of nitrogens with zero attached hydrogens (tertiary/aromatic N) is 2. The number of hydrogen-bond acceptors (Lipinski definition) is 4. The van der Waals surface area contributed by atoms with Crippen molar-refractivity contribution in [3.05, 3.63) is 29.6 Å². The van der Waals surface area contributed by atoms with E-state index in [1.165, 1.54) is 0 Å². The van der Waals surface area contributed by atoms with Gasteiger partial charge in [-0.1, -0.05) is 0 Å². The molecule has 0 radical (unpaired) electrons.